The SMILES string of the molecule is CC1=CC[C@H]2C(=O)[C@@H]3C(CO[Si](C)(C)C(C)(C)C)=CC[C@H](O[Si](C)(C)C(C)(C)C)[C@@]3(C)C[C@H](O)[C@@H]1C2(C)C. The van der Waals surface area contributed by atoms with Gasteiger partial charge in [-0.1, -0.05) is 80.0 Å². The summed E-state index contributed by atoms with van der Waals surface area (Å²) in [6.45, 7) is 32.1. The summed E-state index contributed by atoms with van der Waals surface area (Å²) < 4.78 is 13.9. The van der Waals surface area contributed by atoms with Gasteiger partial charge in [-0.25, -0.2) is 0 Å². The van der Waals surface area contributed by atoms with Crippen LogP contribution in [0, 0.1) is 28.6 Å². The molecular formula is C32H58O4Si2. The van der Waals surface area contributed by atoms with Gasteiger partial charge in [-0.15, -0.1) is 0 Å². The summed E-state index contributed by atoms with van der Waals surface area (Å²) in [6.07, 6.45) is 5.95. The zero-order chi connectivity index (χ0) is 29.3. The molecule has 0 aromatic rings. The van der Waals surface area contributed by atoms with Crippen LogP contribution >= 0.6 is 0 Å². The third-order valence-electron chi connectivity index (χ3n) is 11.5. The van der Waals surface area contributed by atoms with E-state index in [1.807, 2.05) is 0 Å². The zero-order valence-electron chi connectivity index (χ0n) is 27.0. The van der Waals surface area contributed by atoms with E-state index >= 15 is 0 Å². The summed E-state index contributed by atoms with van der Waals surface area (Å²) in [7, 11) is -4.12. The Hall–Kier alpha value is -0.536. The Morgan fingerprint density at radius 3 is 2.03 bits per heavy atom. The topological polar surface area (TPSA) is 55.8 Å². The standard InChI is InChI=1S/C32H58O4Si2/c1-21-15-17-23-28(34)27-22(20-35-37(11,12)29(2,3)4)16-18-25(36-38(13,14)30(5,6)7)32(27,10)19-24(33)26(21)31(23,8)9/h15-16,23-27,33H,17-20H2,1-14H3/t23-,24-,25-,26+,27-,32+/m0/s1. The fourth-order valence-electron chi connectivity index (χ4n) is 6.94. The normalized spacial score (nSPS) is 34.6. The van der Waals surface area contributed by atoms with E-state index in [0.29, 0.717) is 18.8 Å². The van der Waals surface area contributed by atoms with E-state index in [1.54, 1.807) is 0 Å². The number of ketones is 1. The first-order valence-corrected chi connectivity index (χ1v) is 20.7. The number of fused-ring (bicyclic) bond motifs is 3. The van der Waals surface area contributed by atoms with Crippen LogP contribution in [-0.2, 0) is 13.6 Å². The molecule has 1 fully saturated rings. The number of rotatable bonds is 5. The van der Waals surface area contributed by atoms with Crippen LogP contribution in [0.1, 0.15) is 88.5 Å². The molecular weight excluding hydrogens is 505 g/mol. The lowest BCUT2D eigenvalue weighted by molar-refractivity contribution is -0.149. The summed E-state index contributed by atoms with van der Waals surface area (Å²) in [4.78, 5) is 14.8. The van der Waals surface area contributed by atoms with Crippen molar-refractivity contribution in [2.45, 2.75) is 137 Å². The van der Waals surface area contributed by atoms with Crippen LogP contribution in [0.2, 0.25) is 36.3 Å². The largest absolute Gasteiger partial charge is 0.413 e. The number of carbonyl (C=O) groups excluding carboxylic acids is 1. The Morgan fingerprint density at radius 1 is 0.947 bits per heavy atom. The van der Waals surface area contributed by atoms with Crippen molar-refractivity contribution in [1.29, 1.82) is 0 Å². The molecule has 0 unspecified atom stereocenters. The molecule has 0 spiro atoms. The molecule has 4 nitrogen and oxygen atoms in total. The van der Waals surface area contributed by atoms with Gasteiger partial charge in [0.15, 0.2) is 16.6 Å². The van der Waals surface area contributed by atoms with E-state index in [9.17, 15) is 9.90 Å². The van der Waals surface area contributed by atoms with Crippen molar-refractivity contribution in [2.24, 2.45) is 28.6 Å². The minimum absolute atomic E-state index is 0.0191. The van der Waals surface area contributed by atoms with E-state index in [0.717, 1.165) is 18.4 Å². The first-order valence-electron chi connectivity index (χ1n) is 14.9. The molecule has 0 heterocycles. The molecule has 3 rings (SSSR count). The molecule has 0 aromatic carbocycles. The van der Waals surface area contributed by atoms with Crippen molar-refractivity contribution in [3.8, 4) is 0 Å². The molecule has 0 saturated heterocycles. The van der Waals surface area contributed by atoms with Gasteiger partial charge in [-0.3, -0.25) is 4.79 Å². The predicted octanol–water partition coefficient (Wildman–Crippen LogP) is 8.29. The second-order valence-corrected chi connectivity index (χ2v) is 26.1. The minimum atomic E-state index is -2.11. The Labute approximate surface area is 236 Å². The first kappa shape index (κ1) is 32.0. The fraction of sp³-hybridized carbons (Fsp3) is 0.844. The molecule has 6 atom stereocenters. The van der Waals surface area contributed by atoms with Gasteiger partial charge in [0.05, 0.1) is 18.8 Å². The van der Waals surface area contributed by atoms with E-state index in [1.165, 1.54) is 5.57 Å². The van der Waals surface area contributed by atoms with E-state index in [2.05, 4.69) is 108 Å². The Morgan fingerprint density at radius 2 is 1.50 bits per heavy atom. The molecule has 0 aliphatic heterocycles. The monoisotopic (exact) mass is 562 g/mol. The molecule has 2 bridgehead atoms. The number of hydrogen-bond acceptors (Lipinski definition) is 4. The van der Waals surface area contributed by atoms with Crippen molar-refractivity contribution in [1.82, 2.24) is 0 Å². The van der Waals surface area contributed by atoms with Gasteiger partial charge in [0, 0.05) is 23.2 Å². The highest BCUT2D eigenvalue weighted by Crippen LogP contribution is 2.58. The predicted molar refractivity (Wildman–Crippen MR) is 164 cm³/mol. The highest BCUT2D eigenvalue weighted by Gasteiger charge is 2.59. The summed E-state index contributed by atoms with van der Waals surface area (Å²) in [5.41, 5.74) is 1.56. The Balaban J connectivity index is 2.14. The molecule has 38 heavy (non-hydrogen) atoms. The Kier molecular flexibility index (Phi) is 8.48. The summed E-state index contributed by atoms with van der Waals surface area (Å²) in [5.74, 6) is -0.123. The highest BCUT2D eigenvalue weighted by atomic mass is 28.4. The number of Topliss-reactive ketones (excluding diaryl/α,β-unsaturated/α-hetero) is 1. The lowest BCUT2D eigenvalue weighted by atomic mass is 9.50. The second kappa shape index (κ2) is 10.1. The minimum Gasteiger partial charge on any atom is -0.413 e. The molecule has 1 saturated carbocycles. The van der Waals surface area contributed by atoms with Crippen LogP contribution < -0.4 is 0 Å². The molecule has 0 amide bonds. The van der Waals surface area contributed by atoms with Crippen LogP contribution in [0.3, 0.4) is 0 Å². The third kappa shape index (κ3) is 5.51. The molecule has 218 valence electrons. The third-order valence-corrected chi connectivity index (χ3v) is 20.5. The first-order chi connectivity index (χ1) is 17.0. The molecule has 3 aliphatic rings. The average molecular weight is 563 g/mol. The maximum absolute atomic E-state index is 14.8. The van der Waals surface area contributed by atoms with Crippen LogP contribution in [0.25, 0.3) is 0 Å². The molecule has 6 heteroatoms. The van der Waals surface area contributed by atoms with Crippen LogP contribution in [0.4, 0.5) is 0 Å². The van der Waals surface area contributed by atoms with Crippen molar-refractivity contribution in [3.05, 3.63) is 23.3 Å². The van der Waals surface area contributed by atoms with Crippen molar-refractivity contribution in [3.63, 3.8) is 0 Å². The van der Waals surface area contributed by atoms with Gasteiger partial charge in [-0.2, -0.15) is 0 Å². The Bertz CT molecular complexity index is 978. The smallest absolute Gasteiger partial charge is 0.192 e. The molecule has 0 aromatic heterocycles. The lowest BCUT2D eigenvalue weighted by Gasteiger charge is -2.57. The van der Waals surface area contributed by atoms with Crippen LogP contribution in [-0.4, -0.2) is 46.3 Å². The number of aliphatic hydroxyl groups is 1. The summed E-state index contributed by atoms with van der Waals surface area (Å²) in [5, 5.41) is 12.1. The fourth-order valence-corrected chi connectivity index (χ4v) is 9.33. The van der Waals surface area contributed by atoms with E-state index in [-0.39, 0.29) is 39.3 Å². The molecule has 3 aliphatic carbocycles. The number of hydrogen-bond donors (Lipinski definition) is 1. The summed E-state index contributed by atoms with van der Waals surface area (Å²) >= 11 is 0. The maximum atomic E-state index is 14.8. The van der Waals surface area contributed by atoms with Gasteiger partial charge >= 0.3 is 0 Å². The average Bonchev–Trinajstić information content (AvgIpc) is 2.70. The van der Waals surface area contributed by atoms with Gasteiger partial charge in [-0.05, 0) is 73.4 Å². The van der Waals surface area contributed by atoms with Crippen LogP contribution in [0.15, 0.2) is 23.3 Å². The number of allylic oxidation sites excluding steroid dienone is 1. The van der Waals surface area contributed by atoms with Gasteiger partial charge in [0.2, 0.25) is 0 Å². The van der Waals surface area contributed by atoms with Gasteiger partial charge in [0.25, 0.3) is 0 Å². The number of aliphatic hydroxyl groups excluding tert-OH is 1. The lowest BCUT2D eigenvalue weighted by Crippen LogP contribution is -2.60. The maximum Gasteiger partial charge on any atom is 0.192 e. The van der Waals surface area contributed by atoms with Crippen molar-refractivity contribution >= 4 is 22.4 Å². The van der Waals surface area contributed by atoms with E-state index in [4.69, 9.17) is 8.85 Å². The van der Waals surface area contributed by atoms with Gasteiger partial charge in [0.1, 0.15) is 5.78 Å². The highest BCUT2D eigenvalue weighted by molar-refractivity contribution is 6.74. The van der Waals surface area contributed by atoms with Gasteiger partial charge < -0.3 is 14.0 Å². The van der Waals surface area contributed by atoms with Crippen molar-refractivity contribution < 1.29 is 18.8 Å². The quantitative estimate of drug-likeness (QED) is 0.270. The molecule has 1 N–H and O–H groups in total. The number of carbonyl (C=O) groups is 1. The van der Waals surface area contributed by atoms with E-state index < -0.39 is 28.2 Å². The summed E-state index contributed by atoms with van der Waals surface area (Å²) in [6, 6.07) is 0. The zero-order valence-corrected chi connectivity index (χ0v) is 29.0. The molecule has 0 radical (unpaired) electrons. The van der Waals surface area contributed by atoms with Crippen molar-refractivity contribution in [2.75, 3.05) is 6.61 Å². The van der Waals surface area contributed by atoms with Crippen LogP contribution in [0.5, 0.6) is 0 Å². The second-order valence-electron chi connectivity index (χ2n) is 16.6.